The average Bonchev–Trinajstić information content (AvgIpc) is 2.71. The predicted molar refractivity (Wildman–Crippen MR) is 110 cm³/mol. The highest BCUT2D eigenvalue weighted by Crippen LogP contribution is 2.62. The summed E-state index contributed by atoms with van der Waals surface area (Å²) >= 11 is 0. The maximum atomic E-state index is 12.5. The standard InChI is InChI=1S/C24H28O5/c1-22(2)13-12-20(29-21(27)10-9-17-7-5-4-6-8-17)23(3)19(16-26)18(15-25)11-14-24(22,23)28/h4-11,15-16,19-20,28H,12-14H2,1-3H3/b10-9+/t19-,20?,23-,24+/m0/s1. The summed E-state index contributed by atoms with van der Waals surface area (Å²) in [6.45, 7) is 5.68. The van der Waals surface area contributed by atoms with Gasteiger partial charge in [-0.1, -0.05) is 57.2 Å². The summed E-state index contributed by atoms with van der Waals surface area (Å²) in [6.07, 6.45) is 6.73. The van der Waals surface area contributed by atoms with Gasteiger partial charge in [0.25, 0.3) is 0 Å². The predicted octanol–water partition coefficient (Wildman–Crippen LogP) is 3.51. The highest BCUT2D eigenvalue weighted by molar-refractivity contribution is 5.87. The molecule has 0 bridgehead atoms. The van der Waals surface area contributed by atoms with Gasteiger partial charge in [0.15, 0.2) is 0 Å². The Bertz CT molecular complexity index is 853. The molecular weight excluding hydrogens is 368 g/mol. The van der Waals surface area contributed by atoms with E-state index in [2.05, 4.69) is 0 Å². The zero-order valence-electron chi connectivity index (χ0n) is 17.1. The first-order valence-corrected chi connectivity index (χ1v) is 9.96. The van der Waals surface area contributed by atoms with Gasteiger partial charge >= 0.3 is 5.97 Å². The monoisotopic (exact) mass is 396 g/mol. The van der Waals surface area contributed by atoms with Gasteiger partial charge in [0.2, 0.25) is 0 Å². The van der Waals surface area contributed by atoms with Gasteiger partial charge in [0.1, 0.15) is 18.7 Å². The van der Waals surface area contributed by atoms with E-state index < -0.39 is 34.4 Å². The van der Waals surface area contributed by atoms with Gasteiger partial charge in [-0.2, -0.15) is 0 Å². The van der Waals surface area contributed by atoms with Gasteiger partial charge in [-0.25, -0.2) is 4.79 Å². The van der Waals surface area contributed by atoms with Crippen molar-refractivity contribution >= 4 is 24.6 Å². The van der Waals surface area contributed by atoms with Crippen LogP contribution in [0.2, 0.25) is 0 Å². The molecule has 0 radical (unpaired) electrons. The minimum Gasteiger partial charge on any atom is -0.458 e. The Labute approximate surface area is 171 Å². The fourth-order valence-corrected chi connectivity index (χ4v) is 5.12. The number of ether oxygens (including phenoxy) is 1. The summed E-state index contributed by atoms with van der Waals surface area (Å²) in [5.41, 5.74) is -1.68. The normalized spacial score (nSPS) is 33.4. The smallest absolute Gasteiger partial charge is 0.331 e. The first-order chi connectivity index (χ1) is 13.7. The van der Waals surface area contributed by atoms with Crippen LogP contribution in [0.15, 0.2) is 48.1 Å². The second-order valence-electron chi connectivity index (χ2n) is 8.87. The first kappa shape index (κ1) is 21.2. The van der Waals surface area contributed by atoms with Crippen LogP contribution < -0.4 is 0 Å². The van der Waals surface area contributed by atoms with Crippen molar-refractivity contribution < 1.29 is 24.2 Å². The van der Waals surface area contributed by atoms with Gasteiger partial charge in [-0.3, -0.25) is 4.79 Å². The lowest BCUT2D eigenvalue weighted by atomic mass is 9.45. The lowest BCUT2D eigenvalue weighted by Gasteiger charge is -2.63. The number of hydrogen-bond acceptors (Lipinski definition) is 5. The minimum atomic E-state index is -1.29. The number of rotatable bonds is 5. The molecule has 1 aromatic rings. The third-order valence-corrected chi connectivity index (χ3v) is 7.09. The van der Waals surface area contributed by atoms with Crippen LogP contribution in [0.25, 0.3) is 6.08 Å². The molecule has 2 aliphatic carbocycles. The number of carbonyl (C=O) groups excluding carboxylic acids is 3. The van der Waals surface area contributed by atoms with E-state index in [1.807, 2.05) is 44.2 Å². The van der Waals surface area contributed by atoms with Crippen molar-refractivity contribution in [1.82, 2.24) is 0 Å². The van der Waals surface area contributed by atoms with Crippen LogP contribution >= 0.6 is 0 Å². The molecule has 5 heteroatoms. The van der Waals surface area contributed by atoms with Crippen LogP contribution in [0.4, 0.5) is 0 Å². The Balaban J connectivity index is 1.93. The molecule has 0 heterocycles. The average molecular weight is 396 g/mol. The lowest BCUT2D eigenvalue weighted by Crippen LogP contribution is -2.69. The second-order valence-corrected chi connectivity index (χ2v) is 8.87. The van der Waals surface area contributed by atoms with E-state index in [0.717, 1.165) is 5.56 Å². The molecule has 0 amide bonds. The zero-order chi connectivity index (χ0) is 21.3. The maximum absolute atomic E-state index is 12.5. The molecule has 0 saturated heterocycles. The van der Waals surface area contributed by atoms with Crippen LogP contribution in [-0.2, 0) is 19.1 Å². The summed E-state index contributed by atoms with van der Waals surface area (Å²) in [5.74, 6) is -1.37. The topological polar surface area (TPSA) is 80.7 Å². The molecule has 1 aromatic carbocycles. The van der Waals surface area contributed by atoms with E-state index >= 15 is 0 Å². The molecule has 1 unspecified atom stereocenters. The molecule has 1 fully saturated rings. The molecule has 29 heavy (non-hydrogen) atoms. The number of fused-ring (bicyclic) bond motifs is 1. The molecule has 5 nitrogen and oxygen atoms in total. The molecule has 0 spiro atoms. The summed E-state index contributed by atoms with van der Waals surface area (Å²) < 4.78 is 5.78. The minimum absolute atomic E-state index is 0.239. The van der Waals surface area contributed by atoms with Crippen molar-refractivity contribution in [1.29, 1.82) is 0 Å². The molecule has 0 aliphatic heterocycles. The van der Waals surface area contributed by atoms with E-state index in [-0.39, 0.29) is 6.42 Å². The molecule has 4 atom stereocenters. The second kappa shape index (κ2) is 7.71. The Morgan fingerprint density at radius 3 is 2.48 bits per heavy atom. The Morgan fingerprint density at radius 2 is 1.86 bits per heavy atom. The number of carbonyl (C=O) groups is 3. The number of hydrogen-bond donors (Lipinski definition) is 1. The van der Waals surface area contributed by atoms with E-state index in [4.69, 9.17) is 4.74 Å². The summed E-state index contributed by atoms with van der Waals surface area (Å²) in [7, 11) is 0. The number of allylic oxidation sites excluding steroid dienone is 1. The Hall–Kier alpha value is -2.53. The van der Waals surface area contributed by atoms with Gasteiger partial charge in [-0.15, -0.1) is 0 Å². The van der Waals surface area contributed by atoms with Crippen molar-refractivity contribution in [3.05, 3.63) is 53.6 Å². The van der Waals surface area contributed by atoms with E-state index in [0.29, 0.717) is 31.0 Å². The molecule has 3 rings (SSSR count). The van der Waals surface area contributed by atoms with Gasteiger partial charge < -0.3 is 14.6 Å². The highest BCUT2D eigenvalue weighted by atomic mass is 16.5. The largest absolute Gasteiger partial charge is 0.458 e. The molecule has 2 aliphatic rings. The molecule has 0 aromatic heterocycles. The van der Waals surface area contributed by atoms with Gasteiger partial charge in [-0.05, 0) is 41.9 Å². The highest BCUT2D eigenvalue weighted by Gasteiger charge is 2.67. The van der Waals surface area contributed by atoms with Crippen molar-refractivity contribution in [3.8, 4) is 0 Å². The van der Waals surface area contributed by atoms with Gasteiger partial charge in [0.05, 0.1) is 11.5 Å². The summed E-state index contributed by atoms with van der Waals surface area (Å²) in [4.78, 5) is 36.1. The lowest BCUT2D eigenvalue weighted by molar-refractivity contribution is -0.245. The quantitative estimate of drug-likeness (QED) is 0.468. The van der Waals surface area contributed by atoms with E-state index in [1.54, 1.807) is 19.1 Å². The van der Waals surface area contributed by atoms with Crippen LogP contribution in [0, 0.1) is 16.7 Å². The fourth-order valence-electron chi connectivity index (χ4n) is 5.12. The summed E-state index contributed by atoms with van der Waals surface area (Å²) in [6, 6.07) is 9.38. The van der Waals surface area contributed by atoms with Crippen molar-refractivity contribution in [2.24, 2.45) is 16.7 Å². The summed E-state index contributed by atoms with van der Waals surface area (Å²) in [5, 5.41) is 11.8. The van der Waals surface area contributed by atoms with Gasteiger partial charge in [0, 0.05) is 11.5 Å². The third kappa shape index (κ3) is 3.38. The number of aldehydes is 2. The zero-order valence-corrected chi connectivity index (χ0v) is 17.1. The van der Waals surface area contributed by atoms with Crippen LogP contribution in [0.3, 0.4) is 0 Å². The third-order valence-electron chi connectivity index (χ3n) is 7.09. The molecule has 154 valence electrons. The molecule has 1 N–H and O–H groups in total. The first-order valence-electron chi connectivity index (χ1n) is 9.96. The van der Waals surface area contributed by atoms with Crippen molar-refractivity contribution in [2.45, 2.75) is 51.7 Å². The van der Waals surface area contributed by atoms with Crippen LogP contribution in [0.1, 0.15) is 45.6 Å². The van der Waals surface area contributed by atoms with Crippen molar-refractivity contribution in [3.63, 3.8) is 0 Å². The Kier molecular flexibility index (Phi) is 5.63. The number of aliphatic hydroxyl groups is 1. The maximum Gasteiger partial charge on any atom is 0.331 e. The fraction of sp³-hybridized carbons (Fsp3) is 0.458. The Morgan fingerprint density at radius 1 is 1.17 bits per heavy atom. The number of benzene rings is 1. The van der Waals surface area contributed by atoms with Crippen LogP contribution in [0.5, 0.6) is 0 Å². The number of esters is 1. The van der Waals surface area contributed by atoms with E-state index in [1.165, 1.54) is 6.08 Å². The van der Waals surface area contributed by atoms with Crippen molar-refractivity contribution in [2.75, 3.05) is 0 Å². The molecule has 1 saturated carbocycles. The molecular formula is C24H28O5. The SMILES string of the molecule is CC1(C)CCC(OC(=O)/C=C/c2ccccc2)[C@]2(C)[C@@H](C=O)C(C=O)=CC[C@@]12O. The van der Waals surface area contributed by atoms with E-state index in [9.17, 15) is 19.5 Å². The van der Waals surface area contributed by atoms with Crippen LogP contribution in [-0.4, -0.2) is 35.4 Å².